The van der Waals surface area contributed by atoms with Crippen molar-refractivity contribution >= 4 is 39.8 Å². The number of methoxy groups -OCH3 is 1. The first-order valence-electron chi connectivity index (χ1n) is 7.09. The van der Waals surface area contributed by atoms with E-state index < -0.39 is 0 Å². The molecule has 2 aromatic carbocycles. The molecule has 3 aromatic rings. The molecule has 124 valence electrons. The smallest absolute Gasteiger partial charge is 0.337 e. The zero-order chi connectivity index (χ0) is 16.4. The van der Waals surface area contributed by atoms with Crippen LogP contribution in [0.5, 0.6) is 0 Å². The van der Waals surface area contributed by atoms with Gasteiger partial charge in [-0.15, -0.1) is 0 Å². The number of benzene rings is 2. The number of halogens is 2. The van der Waals surface area contributed by atoms with Gasteiger partial charge in [0.15, 0.2) is 0 Å². The maximum Gasteiger partial charge on any atom is 0.337 e. The lowest BCUT2D eigenvalue weighted by atomic mass is 10.1. The molecule has 1 aromatic heterocycles. The van der Waals surface area contributed by atoms with E-state index in [2.05, 4.69) is 10.3 Å². The van der Waals surface area contributed by atoms with Gasteiger partial charge < -0.3 is 22.5 Å². The van der Waals surface area contributed by atoms with Crippen molar-refractivity contribution in [3.63, 3.8) is 0 Å². The average Bonchev–Trinajstić information content (AvgIpc) is 2.55. The first-order chi connectivity index (χ1) is 11.1. The van der Waals surface area contributed by atoms with Crippen LogP contribution in [0.15, 0.2) is 48.5 Å². The highest BCUT2D eigenvalue weighted by Gasteiger charge is 2.07. The molecule has 4 nitrogen and oxygen atoms in total. The summed E-state index contributed by atoms with van der Waals surface area (Å²) < 4.78 is 4.70. The first-order valence-corrected chi connectivity index (χ1v) is 7.47. The van der Waals surface area contributed by atoms with Crippen molar-refractivity contribution in [2.45, 2.75) is 6.92 Å². The third kappa shape index (κ3) is 3.78. The summed E-state index contributed by atoms with van der Waals surface area (Å²) in [5.41, 5.74) is 4.08. The monoisotopic (exact) mass is 361 g/mol. The number of carbonyl (C=O) groups is 1. The summed E-state index contributed by atoms with van der Waals surface area (Å²) in [5.74, 6) is -0.353. The van der Waals surface area contributed by atoms with Crippen molar-refractivity contribution in [2.24, 2.45) is 0 Å². The summed E-state index contributed by atoms with van der Waals surface area (Å²) in [6.07, 6.45) is 0. The Morgan fingerprint density at radius 3 is 2.50 bits per heavy atom. The van der Waals surface area contributed by atoms with Crippen LogP contribution in [-0.4, -0.2) is 18.1 Å². The normalized spacial score (nSPS) is 10.1. The molecular weight excluding hydrogens is 347 g/mol. The largest absolute Gasteiger partial charge is 1.00 e. The van der Waals surface area contributed by atoms with Gasteiger partial charge in [-0.25, -0.2) is 4.79 Å². The zero-order valence-corrected chi connectivity index (χ0v) is 14.7. The van der Waals surface area contributed by atoms with E-state index in [1.165, 1.54) is 7.11 Å². The second-order valence-corrected chi connectivity index (χ2v) is 5.60. The number of ether oxygens (including phenoxy) is 1. The molecule has 0 saturated heterocycles. The van der Waals surface area contributed by atoms with Gasteiger partial charge in [-0.1, -0.05) is 11.6 Å². The minimum absolute atomic E-state index is 0. The third-order valence-electron chi connectivity index (χ3n) is 3.48. The van der Waals surface area contributed by atoms with Crippen LogP contribution in [0.25, 0.3) is 10.9 Å². The van der Waals surface area contributed by atoms with Gasteiger partial charge in [-0.05, 0) is 55.5 Å². The summed E-state index contributed by atoms with van der Waals surface area (Å²) in [6, 6.07) is 14.7. The van der Waals surface area contributed by atoms with Crippen LogP contribution < -0.4 is 17.7 Å². The van der Waals surface area contributed by atoms with Crippen molar-refractivity contribution in [3.8, 4) is 0 Å². The molecule has 3 rings (SSSR count). The Morgan fingerprint density at radius 1 is 1.12 bits per heavy atom. The highest BCUT2D eigenvalue weighted by molar-refractivity contribution is 6.31. The number of pyridine rings is 1. The standard InChI is InChI=1S/C18H15ClN2O2.ClH/c1-11-9-17(15-10-13(19)5-8-16(15)20-11)21-14-6-3-12(4-7-14)18(22)23-2;/h3-10H,1-2H3,(H,20,21);1H/p-1. The minimum Gasteiger partial charge on any atom is -1.00 e. The summed E-state index contributed by atoms with van der Waals surface area (Å²) in [6.45, 7) is 1.94. The number of carbonyl (C=O) groups excluding carboxylic acids is 1. The van der Waals surface area contributed by atoms with Crippen LogP contribution in [0.2, 0.25) is 5.02 Å². The van der Waals surface area contributed by atoms with E-state index in [9.17, 15) is 4.79 Å². The lowest BCUT2D eigenvalue weighted by molar-refractivity contribution is -0.0000192. The summed E-state index contributed by atoms with van der Waals surface area (Å²) in [5, 5.41) is 4.95. The molecule has 0 amide bonds. The number of hydrogen-bond acceptors (Lipinski definition) is 4. The predicted octanol–water partition coefficient (Wildman–Crippen LogP) is 1.73. The fourth-order valence-corrected chi connectivity index (χ4v) is 2.57. The quantitative estimate of drug-likeness (QED) is 0.721. The van der Waals surface area contributed by atoms with Crippen LogP contribution in [0.1, 0.15) is 16.1 Å². The SMILES string of the molecule is COC(=O)c1ccc(Nc2cc(C)nc3ccc(Cl)cc23)cc1.[Cl-]. The van der Waals surface area contributed by atoms with Gasteiger partial charge >= 0.3 is 5.97 Å². The molecule has 0 saturated carbocycles. The molecule has 0 bridgehead atoms. The predicted molar refractivity (Wildman–Crippen MR) is 92.6 cm³/mol. The minimum atomic E-state index is -0.353. The number of fused-ring (bicyclic) bond motifs is 1. The number of aryl methyl sites for hydroxylation is 1. The fraction of sp³-hybridized carbons (Fsp3) is 0.111. The maximum absolute atomic E-state index is 11.5. The lowest BCUT2D eigenvalue weighted by Gasteiger charge is -2.11. The van der Waals surface area contributed by atoms with Crippen molar-refractivity contribution in [1.82, 2.24) is 4.98 Å². The Morgan fingerprint density at radius 2 is 1.83 bits per heavy atom. The molecule has 0 aliphatic rings. The summed E-state index contributed by atoms with van der Waals surface area (Å²) in [7, 11) is 1.37. The number of anilines is 2. The summed E-state index contributed by atoms with van der Waals surface area (Å²) in [4.78, 5) is 16.0. The number of hydrogen-bond donors (Lipinski definition) is 1. The second-order valence-electron chi connectivity index (χ2n) is 5.17. The molecule has 0 atom stereocenters. The third-order valence-corrected chi connectivity index (χ3v) is 3.72. The molecule has 0 aliphatic heterocycles. The molecule has 0 unspecified atom stereocenters. The van der Waals surface area contributed by atoms with Crippen LogP contribution in [0.4, 0.5) is 11.4 Å². The van der Waals surface area contributed by atoms with Crippen molar-refractivity contribution in [1.29, 1.82) is 0 Å². The fourth-order valence-electron chi connectivity index (χ4n) is 2.40. The highest BCUT2D eigenvalue weighted by Crippen LogP contribution is 2.28. The molecule has 6 heteroatoms. The van der Waals surface area contributed by atoms with E-state index >= 15 is 0 Å². The van der Waals surface area contributed by atoms with E-state index in [0.717, 1.165) is 28.0 Å². The van der Waals surface area contributed by atoms with Gasteiger partial charge in [0.05, 0.1) is 18.2 Å². The van der Waals surface area contributed by atoms with Gasteiger partial charge in [-0.2, -0.15) is 0 Å². The van der Waals surface area contributed by atoms with E-state index in [1.54, 1.807) is 12.1 Å². The van der Waals surface area contributed by atoms with Gasteiger partial charge in [0.1, 0.15) is 0 Å². The van der Waals surface area contributed by atoms with Gasteiger partial charge in [0.25, 0.3) is 0 Å². The van der Waals surface area contributed by atoms with Crippen LogP contribution in [0, 0.1) is 6.92 Å². The number of esters is 1. The molecule has 0 fully saturated rings. The Bertz CT molecular complexity index is 880. The van der Waals surface area contributed by atoms with Crippen molar-refractivity contribution < 1.29 is 21.9 Å². The van der Waals surface area contributed by atoms with Crippen molar-refractivity contribution in [2.75, 3.05) is 12.4 Å². The number of rotatable bonds is 3. The Balaban J connectivity index is 0.00000208. The topological polar surface area (TPSA) is 51.2 Å². The average molecular weight is 362 g/mol. The lowest BCUT2D eigenvalue weighted by Crippen LogP contribution is -3.00. The highest BCUT2D eigenvalue weighted by atomic mass is 35.5. The Labute approximate surface area is 151 Å². The molecular formula is C18H15Cl2N2O2-. The van der Waals surface area contributed by atoms with Gasteiger partial charge in [0, 0.05) is 27.5 Å². The molecule has 0 aliphatic carbocycles. The van der Waals surface area contributed by atoms with E-state index in [0.29, 0.717) is 10.6 Å². The van der Waals surface area contributed by atoms with E-state index in [-0.39, 0.29) is 18.4 Å². The van der Waals surface area contributed by atoms with Gasteiger partial charge in [0.2, 0.25) is 0 Å². The molecule has 1 heterocycles. The molecule has 0 radical (unpaired) electrons. The number of nitrogens with zero attached hydrogens (tertiary/aromatic N) is 1. The van der Waals surface area contributed by atoms with Crippen molar-refractivity contribution in [3.05, 3.63) is 64.8 Å². The zero-order valence-electron chi connectivity index (χ0n) is 13.1. The number of nitrogens with one attached hydrogen (secondary N) is 1. The maximum atomic E-state index is 11.5. The van der Waals surface area contributed by atoms with Crippen LogP contribution in [-0.2, 0) is 4.74 Å². The van der Waals surface area contributed by atoms with Gasteiger partial charge in [-0.3, -0.25) is 4.98 Å². The van der Waals surface area contributed by atoms with Crippen LogP contribution in [0.3, 0.4) is 0 Å². The molecule has 1 N–H and O–H groups in total. The summed E-state index contributed by atoms with van der Waals surface area (Å²) >= 11 is 6.10. The Hall–Kier alpha value is -2.30. The first kappa shape index (κ1) is 18.0. The Kier molecular flexibility index (Phi) is 5.65. The number of aromatic nitrogens is 1. The van der Waals surface area contributed by atoms with Crippen LogP contribution >= 0.6 is 11.6 Å². The molecule has 24 heavy (non-hydrogen) atoms. The van der Waals surface area contributed by atoms with E-state index in [4.69, 9.17) is 16.3 Å². The second kappa shape index (κ2) is 7.51. The molecule has 0 spiro atoms. The van der Waals surface area contributed by atoms with E-state index in [1.807, 2.05) is 43.3 Å².